The number of hydrogen-bond donors (Lipinski definition) is 1. The van der Waals surface area contributed by atoms with E-state index >= 15 is 0 Å². The predicted molar refractivity (Wildman–Crippen MR) is 109 cm³/mol. The normalized spacial score (nSPS) is 15.8. The second-order valence-electron chi connectivity index (χ2n) is 8.25. The van der Waals surface area contributed by atoms with Gasteiger partial charge in [-0.15, -0.1) is 0 Å². The zero-order valence-electron chi connectivity index (χ0n) is 16.5. The lowest BCUT2D eigenvalue weighted by Crippen LogP contribution is -2.39. The number of carbonyl (C=O) groups is 1. The highest BCUT2D eigenvalue weighted by molar-refractivity contribution is 7.90. The number of rotatable bonds is 4. The van der Waals surface area contributed by atoms with Crippen LogP contribution in [0.1, 0.15) is 39.3 Å². The number of nitrogens with zero attached hydrogens (tertiary/aromatic N) is 2. The fourth-order valence-corrected chi connectivity index (χ4v) is 4.54. The zero-order valence-corrected chi connectivity index (χ0v) is 17.4. The van der Waals surface area contributed by atoms with Crippen LogP contribution in [0.15, 0.2) is 59.6 Å². The second kappa shape index (κ2) is 6.59. The Morgan fingerprint density at radius 1 is 1.10 bits per heavy atom. The van der Waals surface area contributed by atoms with Crippen molar-refractivity contribution in [2.45, 2.75) is 49.6 Å². The molecule has 0 spiro atoms. The molecule has 0 aliphatic heterocycles. The highest BCUT2D eigenvalue weighted by Crippen LogP contribution is 2.45. The number of hydrogen-bond acceptors (Lipinski definition) is 5. The van der Waals surface area contributed by atoms with Gasteiger partial charge in [0.15, 0.2) is 5.65 Å². The Bertz CT molecular complexity index is 1170. The summed E-state index contributed by atoms with van der Waals surface area (Å²) in [5.74, 6) is 0. The van der Waals surface area contributed by atoms with Crippen LogP contribution in [0.5, 0.6) is 0 Å². The highest BCUT2D eigenvalue weighted by atomic mass is 32.2. The van der Waals surface area contributed by atoms with Gasteiger partial charge < -0.3 is 10.1 Å². The van der Waals surface area contributed by atoms with Gasteiger partial charge in [-0.3, -0.25) is 0 Å². The smallest absolute Gasteiger partial charge is 0.408 e. The largest absolute Gasteiger partial charge is 0.444 e. The third-order valence-electron chi connectivity index (χ3n) is 4.78. The molecular formula is C21H23N3O4S. The molecule has 8 heteroatoms. The van der Waals surface area contributed by atoms with Gasteiger partial charge in [-0.1, -0.05) is 18.2 Å². The number of benzene rings is 1. The molecule has 0 bridgehead atoms. The number of nitrogens with one attached hydrogen (secondary N) is 1. The lowest BCUT2D eigenvalue weighted by atomic mass is 10.1. The van der Waals surface area contributed by atoms with Crippen LogP contribution in [0.4, 0.5) is 4.79 Å². The molecule has 0 atom stereocenters. The summed E-state index contributed by atoms with van der Waals surface area (Å²) in [6.07, 6.45) is 2.43. The third kappa shape index (κ3) is 3.72. The summed E-state index contributed by atoms with van der Waals surface area (Å²) in [6, 6.07) is 13.6. The fourth-order valence-electron chi connectivity index (χ4n) is 3.22. The number of amides is 1. The van der Waals surface area contributed by atoms with Crippen molar-refractivity contribution in [3.63, 3.8) is 0 Å². The lowest BCUT2D eigenvalue weighted by molar-refractivity contribution is 0.0494. The highest BCUT2D eigenvalue weighted by Gasteiger charge is 2.48. The summed E-state index contributed by atoms with van der Waals surface area (Å²) in [6.45, 7) is 5.41. The molecule has 1 fully saturated rings. The van der Waals surface area contributed by atoms with Crippen molar-refractivity contribution in [2.75, 3.05) is 0 Å². The average Bonchev–Trinajstić information content (AvgIpc) is 3.29. The van der Waals surface area contributed by atoms with Crippen molar-refractivity contribution in [3.05, 3.63) is 60.4 Å². The first-order chi connectivity index (χ1) is 13.6. The summed E-state index contributed by atoms with van der Waals surface area (Å²) in [5.41, 5.74) is -0.263. The van der Waals surface area contributed by atoms with Crippen molar-refractivity contribution in [3.8, 4) is 0 Å². The summed E-state index contributed by atoms with van der Waals surface area (Å²) < 4.78 is 32.7. The Balaban J connectivity index is 1.70. The van der Waals surface area contributed by atoms with Crippen LogP contribution in [-0.4, -0.2) is 29.1 Å². The molecule has 2 heterocycles. The Morgan fingerprint density at radius 2 is 1.79 bits per heavy atom. The number of fused-ring (bicyclic) bond motifs is 1. The molecular weight excluding hydrogens is 390 g/mol. The van der Waals surface area contributed by atoms with Crippen LogP contribution in [-0.2, 0) is 20.3 Å². The predicted octanol–water partition coefficient (Wildman–Crippen LogP) is 3.79. The molecule has 29 heavy (non-hydrogen) atoms. The van der Waals surface area contributed by atoms with E-state index in [1.54, 1.807) is 57.2 Å². The molecule has 0 saturated heterocycles. The van der Waals surface area contributed by atoms with E-state index in [-0.39, 0.29) is 4.90 Å². The van der Waals surface area contributed by atoms with E-state index < -0.39 is 27.3 Å². The lowest BCUT2D eigenvalue weighted by Gasteiger charge is -2.23. The topological polar surface area (TPSA) is 90.3 Å². The average molecular weight is 413 g/mol. The van der Waals surface area contributed by atoms with Crippen molar-refractivity contribution in [1.82, 2.24) is 14.3 Å². The number of ether oxygens (including phenoxy) is 1. The van der Waals surface area contributed by atoms with Crippen LogP contribution in [0.25, 0.3) is 11.0 Å². The molecule has 152 valence electrons. The van der Waals surface area contributed by atoms with Crippen molar-refractivity contribution in [2.24, 2.45) is 0 Å². The molecule has 4 rings (SSSR count). The van der Waals surface area contributed by atoms with Crippen molar-refractivity contribution in [1.29, 1.82) is 0 Å². The maximum Gasteiger partial charge on any atom is 0.408 e. The molecule has 7 nitrogen and oxygen atoms in total. The molecule has 0 unspecified atom stereocenters. The first kappa shape index (κ1) is 19.4. The first-order valence-electron chi connectivity index (χ1n) is 9.41. The summed E-state index contributed by atoms with van der Waals surface area (Å²) in [7, 11) is -3.77. The quantitative estimate of drug-likeness (QED) is 0.703. The Morgan fingerprint density at radius 3 is 2.41 bits per heavy atom. The molecule has 1 saturated carbocycles. The van der Waals surface area contributed by atoms with Crippen LogP contribution >= 0.6 is 0 Å². The molecule has 0 radical (unpaired) electrons. The third-order valence-corrected chi connectivity index (χ3v) is 6.46. The minimum absolute atomic E-state index is 0.192. The molecule has 1 N–H and O–H groups in total. The van der Waals surface area contributed by atoms with E-state index in [2.05, 4.69) is 10.3 Å². The SMILES string of the molecule is CC(C)(C)OC(=O)NC1(c2ccc3ccn(S(=O)(=O)c4ccccc4)c3n2)CC1. The van der Waals surface area contributed by atoms with E-state index in [0.29, 0.717) is 16.7 Å². The van der Waals surface area contributed by atoms with Crippen LogP contribution < -0.4 is 5.32 Å². The second-order valence-corrected chi connectivity index (χ2v) is 10.1. The van der Waals surface area contributed by atoms with Crippen LogP contribution in [0, 0.1) is 0 Å². The van der Waals surface area contributed by atoms with Gasteiger partial charge in [-0.2, -0.15) is 0 Å². The molecule has 1 aromatic carbocycles. The van der Waals surface area contributed by atoms with Crippen LogP contribution in [0.2, 0.25) is 0 Å². The maximum absolute atomic E-state index is 13.1. The number of alkyl carbamates (subject to hydrolysis) is 1. The fraction of sp³-hybridized carbons (Fsp3) is 0.333. The molecule has 1 amide bonds. The number of aromatic nitrogens is 2. The van der Waals surface area contributed by atoms with Crippen molar-refractivity contribution < 1.29 is 17.9 Å². The van der Waals surface area contributed by atoms with Gasteiger partial charge in [0, 0.05) is 11.6 Å². The summed E-state index contributed by atoms with van der Waals surface area (Å²) in [5, 5.41) is 3.61. The van der Waals surface area contributed by atoms with Crippen LogP contribution in [0.3, 0.4) is 0 Å². The summed E-state index contributed by atoms with van der Waals surface area (Å²) in [4.78, 5) is 17.1. The minimum atomic E-state index is -3.77. The van der Waals surface area contributed by atoms with Gasteiger partial charge in [0.25, 0.3) is 10.0 Å². The Kier molecular flexibility index (Phi) is 4.42. The Labute approximate surface area is 169 Å². The van der Waals surface area contributed by atoms with E-state index in [9.17, 15) is 13.2 Å². The van der Waals surface area contributed by atoms with Gasteiger partial charge in [0.1, 0.15) is 5.60 Å². The maximum atomic E-state index is 13.1. The first-order valence-corrected chi connectivity index (χ1v) is 10.9. The summed E-state index contributed by atoms with van der Waals surface area (Å²) >= 11 is 0. The van der Waals surface area contributed by atoms with E-state index in [1.807, 2.05) is 12.1 Å². The monoisotopic (exact) mass is 413 g/mol. The molecule has 1 aliphatic rings. The van der Waals surface area contributed by atoms with Gasteiger partial charge in [0.05, 0.1) is 16.1 Å². The molecule has 2 aromatic heterocycles. The van der Waals surface area contributed by atoms with Gasteiger partial charge in [-0.25, -0.2) is 22.2 Å². The molecule has 3 aromatic rings. The van der Waals surface area contributed by atoms with Gasteiger partial charge in [0.2, 0.25) is 0 Å². The number of carbonyl (C=O) groups excluding carboxylic acids is 1. The van der Waals surface area contributed by atoms with Gasteiger partial charge in [-0.05, 0) is 63.9 Å². The molecule has 1 aliphatic carbocycles. The van der Waals surface area contributed by atoms with E-state index in [1.165, 1.54) is 10.2 Å². The van der Waals surface area contributed by atoms with E-state index in [0.717, 1.165) is 12.8 Å². The standard InChI is InChI=1S/C21H23N3O4S/c1-20(2,3)28-19(25)23-21(12-13-21)17-10-9-15-11-14-24(18(15)22-17)29(26,27)16-7-5-4-6-8-16/h4-11,14H,12-13H2,1-3H3,(H,23,25). The van der Waals surface area contributed by atoms with Gasteiger partial charge >= 0.3 is 6.09 Å². The Hall–Kier alpha value is -2.87. The zero-order chi connectivity index (χ0) is 20.9. The minimum Gasteiger partial charge on any atom is -0.444 e. The van der Waals surface area contributed by atoms with E-state index in [4.69, 9.17) is 4.74 Å². The number of pyridine rings is 1. The van der Waals surface area contributed by atoms with Crippen molar-refractivity contribution >= 4 is 27.1 Å².